The van der Waals surface area contributed by atoms with Gasteiger partial charge in [0.25, 0.3) is 5.91 Å². The van der Waals surface area contributed by atoms with Crippen molar-refractivity contribution in [3.05, 3.63) is 29.6 Å². The number of nitrogen functional groups attached to an aromatic ring is 1. The molecule has 104 valence electrons. The normalized spacial score (nSPS) is 18.0. The Morgan fingerprint density at radius 2 is 2.05 bits per heavy atom. The summed E-state index contributed by atoms with van der Waals surface area (Å²) < 4.78 is 13.6. The molecule has 1 aromatic rings. The van der Waals surface area contributed by atoms with Crippen molar-refractivity contribution in [2.45, 2.75) is 39.0 Å². The van der Waals surface area contributed by atoms with Gasteiger partial charge in [0, 0.05) is 12.2 Å². The second-order valence-corrected chi connectivity index (χ2v) is 5.79. The van der Waals surface area contributed by atoms with Gasteiger partial charge in [-0.15, -0.1) is 0 Å². The molecule has 1 aliphatic carbocycles. The van der Waals surface area contributed by atoms with Crippen LogP contribution < -0.4 is 11.1 Å². The Morgan fingerprint density at radius 3 is 2.68 bits per heavy atom. The molecule has 0 heterocycles. The Labute approximate surface area is 113 Å². The Morgan fingerprint density at radius 1 is 1.37 bits per heavy atom. The molecule has 0 aromatic heterocycles. The van der Waals surface area contributed by atoms with Crippen LogP contribution in [0.4, 0.5) is 10.1 Å². The fourth-order valence-corrected chi connectivity index (χ4v) is 2.69. The van der Waals surface area contributed by atoms with E-state index in [1.807, 2.05) is 0 Å². The summed E-state index contributed by atoms with van der Waals surface area (Å²) in [7, 11) is 0. The maximum absolute atomic E-state index is 13.6. The molecule has 0 spiro atoms. The predicted molar refractivity (Wildman–Crippen MR) is 74.3 cm³/mol. The van der Waals surface area contributed by atoms with Crippen LogP contribution in [-0.4, -0.2) is 12.5 Å². The molecular weight excluding hydrogens is 243 g/mol. The van der Waals surface area contributed by atoms with Crippen molar-refractivity contribution in [1.29, 1.82) is 0 Å². The first kappa shape index (κ1) is 13.8. The highest BCUT2D eigenvalue weighted by Crippen LogP contribution is 2.34. The summed E-state index contributed by atoms with van der Waals surface area (Å²) in [5.74, 6) is -0.921. The Kier molecular flexibility index (Phi) is 4.08. The molecule has 4 heteroatoms. The maximum Gasteiger partial charge on any atom is 0.254 e. The summed E-state index contributed by atoms with van der Waals surface area (Å²) in [6.45, 7) is 2.79. The lowest BCUT2D eigenvalue weighted by atomic mass is 9.76. The quantitative estimate of drug-likeness (QED) is 0.824. The van der Waals surface area contributed by atoms with Gasteiger partial charge in [-0.1, -0.05) is 26.2 Å². The third kappa shape index (κ3) is 3.46. The molecule has 0 saturated heterocycles. The van der Waals surface area contributed by atoms with Crippen molar-refractivity contribution in [2.24, 2.45) is 5.41 Å². The van der Waals surface area contributed by atoms with Gasteiger partial charge in [0.15, 0.2) is 0 Å². The number of nitrogens with one attached hydrogen (secondary N) is 1. The van der Waals surface area contributed by atoms with Gasteiger partial charge in [0.1, 0.15) is 5.82 Å². The molecule has 0 aliphatic heterocycles. The van der Waals surface area contributed by atoms with Crippen molar-refractivity contribution in [2.75, 3.05) is 12.3 Å². The second-order valence-electron chi connectivity index (χ2n) is 5.79. The van der Waals surface area contributed by atoms with E-state index < -0.39 is 5.82 Å². The third-order valence-corrected chi connectivity index (χ3v) is 3.97. The summed E-state index contributed by atoms with van der Waals surface area (Å²) in [6.07, 6.45) is 5.94. The topological polar surface area (TPSA) is 55.1 Å². The van der Waals surface area contributed by atoms with E-state index in [0.717, 1.165) is 12.8 Å². The molecule has 3 N–H and O–H groups in total. The van der Waals surface area contributed by atoms with Gasteiger partial charge in [-0.05, 0) is 36.5 Å². The number of hydrogen-bond acceptors (Lipinski definition) is 2. The van der Waals surface area contributed by atoms with Crippen LogP contribution in [0.25, 0.3) is 0 Å². The van der Waals surface area contributed by atoms with Gasteiger partial charge in [-0.2, -0.15) is 0 Å². The van der Waals surface area contributed by atoms with Crippen molar-refractivity contribution >= 4 is 11.6 Å². The number of carbonyl (C=O) groups is 1. The van der Waals surface area contributed by atoms with E-state index >= 15 is 0 Å². The van der Waals surface area contributed by atoms with Crippen LogP contribution in [0.3, 0.4) is 0 Å². The van der Waals surface area contributed by atoms with Crippen LogP contribution in [-0.2, 0) is 0 Å². The number of rotatable bonds is 3. The lowest BCUT2D eigenvalue weighted by Gasteiger charge is -2.33. The molecule has 1 aliphatic rings. The third-order valence-electron chi connectivity index (χ3n) is 3.97. The minimum Gasteiger partial charge on any atom is -0.399 e. The number of halogens is 1. The molecule has 1 amide bonds. The molecule has 0 unspecified atom stereocenters. The average Bonchev–Trinajstić information content (AvgIpc) is 2.37. The van der Waals surface area contributed by atoms with Crippen molar-refractivity contribution in [3.63, 3.8) is 0 Å². The van der Waals surface area contributed by atoms with Crippen molar-refractivity contribution < 1.29 is 9.18 Å². The second kappa shape index (κ2) is 5.59. The highest BCUT2D eigenvalue weighted by Gasteiger charge is 2.27. The molecule has 1 saturated carbocycles. The standard InChI is InChI=1S/C15H21FN2O/c1-15(7-3-2-4-8-15)10-18-14(19)12-6-5-11(17)9-13(12)16/h5-6,9H,2-4,7-8,10,17H2,1H3,(H,18,19). The van der Waals surface area contributed by atoms with Crippen molar-refractivity contribution in [3.8, 4) is 0 Å². The maximum atomic E-state index is 13.6. The van der Waals surface area contributed by atoms with Crippen LogP contribution in [0.2, 0.25) is 0 Å². The fourth-order valence-electron chi connectivity index (χ4n) is 2.69. The van der Waals surface area contributed by atoms with Crippen molar-refractivity contribution in [1.82, 2.24) is 5.32 Å². The minimum absolute atomic E-state index is 0.0635. The van der Waals surface area contributed by atoms with E-state index in [2.05, 4.69) is 12.2 Å². The SMILES string of the molecule is CC1(CNC(=O)c2ccc(N)cc2F)CCCCC1. The number of anilines is 1. The van der Waals surface area contributed by atoms with Crippen LogP contribution in [0, 0.1) is 11.2 Å². The zero-order valence-electron chi connectivity index (χ0n) is 11.3. The molecule has 3 nitrogen and oxygen atoms in total. The molecule has 2 rings (SSSR count). The number of hydrogen-bond donors (Lipinski definition) is 2. The number of carbonyl (C=O) groups excluding carboxylic acids is 1. The lowest BCUT2D eigenvalue weighted by molar-refractivity contribution is 0.0915. The molecule has 0 radical (unpaired) electrons. The van der Waals surface area contributed by atoms with E-state index in [4.69, 9.17) is 5.73 Å². The Hall–Kier alpha value is -1.58. The van der Waals surface area contributed by atoms with E-state index in [9.17, 15) is 9.18 Å². The first-order chi connectivity index (χ1) is 9.00. The smallest absolute Gasteiger partial charge is 0.254 e. The molecular formula is C15H21FN2O. The van der Waals surface area contributed by atoms with Gasteiger partial charge in [-0.25, -0.2) is 4.39 Å². The van der Waals surface area contributed by atoms with Crippen LogP contribution in [0.5, 0.6) is 0 Å². The van der Waals surface area contributed by atoms with E-state index in [-0.39, 0.29) is 16.9 Å². The summed E-state index contributed by atoms with van der Waals surface area (Å²) in [5, 5.41) is 2.85. The van der Waals surface area contributed by atoms with Crippen LogP contribution in [0.1, 0.15) is 49.4 Å². The van der Waals surface area contributed by atoms with E-state index in [1.165, 1.54) is 31.4 Å². The molecule has 19 heavy (non-hydrogen) atoms. The van der Waals surface area contributed by atoms with Crippen LogP contribution >= 0.6 is 0 Å². The average molecular weight is 264 g/mol. The summed E-state index contributed by atoms with van der Waals surface area (Å²) >= 11 is 0. The van der Waals surface area contributed by atoms with E-state index in [1.54, 1.807) is 6.07 Å². The van der Waals surface area contributed by atoms with Gasteiger partial charge < -0.3 is 11.1 Å². The summed E-state index contributed by atoms with van der Waals surface area (Å²) in [6, 6.07) is 4.15. The van der Waals surface area contributed by atoms with Gasteiger partial charge in [0.2, 0.25) is 0 Å². The van der Waals surface area contributed by atoms with Gasteiger partial charge in [-0.3, -0.25) is 4.79 Å². The summed E-state index contributed by atoms with van der Waals surface area (Å²) in [4.78, 5) is 12.0. The minimum atomic E-state index is -0.564. The fraction of sp³-hybridized carbons (Fsp3) is 0.533. The van der Waals surface area contributed by atoms with Gasteiger partial charge >= 0.3 is 0 Å². The van der Waals surface area contributed by atoms with Crippen LogP contribution in [0.15, 0.2) is 18.2 Å². The van der Waals surface area contributed by atoms with E-state index in [0.29, 0.717) is 12.2 Å². The highest BCUT2D eigenvalue weighted by atomic mass is 19.1. The predicted octanol–water partition coefficient (Wildman–Crippen LogP) is 3.11. The zero-order valence-corrected chi connectivity index (χ0v) is 11.3. The highest BCUT2D eigenvalue weighted by molar-refractivity contribution is 5.94. The number of benzene rings is 1. The molecule has 0 bridgehead atoms. The largest absolute Gasteiger partial charge is 0.399 e. The zero-order chi connectivity index (χ0) is 13.9. The molecule has 0 atom stereocenters. The molecule has 1 fully saturated rings. The Balaban J connectivity index is 1.97. The van der Waals surface area contributed by atoms with Gasteiger partial charge in [0.05, 0.1) is 5.56 Å². The first-order valence-electron chi connectivity index (χ1n) is 6.83. The number of nitrogens with two attached hydrogens (primary N) is 1. The lowest BCUT2D eigenvalue weighted by Crippen LogP contribution is -2.37. The number of amides is 1. The monoisotopic (exact) mass is 264 g/mol. The summed E-state index contributed by atoms with van der Waals surface area (Å²) in [5.41, 5.74) is 6.01. The molecule has 1 aromatic carbocycles. The Bertz CT molecular complexity index is 467. The first-order valence-corrected chi connectivity index (χ1v) is 6.83.